The van der Waals surface area contributed by atoms with Gasteiger partial charge in [0.2, 0.25) is 0 Å². The summed E-state index contributed by atoms with van der Waals surface area (Å²) in [5.41, 5.74) is 2.61. The molecule has 0 saturated carbocycles. The number of nitrogens with one attached hydrogen (secondary N) is 1. The highest BCUT2D eigenvalue weighted by atomic mass is 32.1. The summed E-state index contributed by atoms with van der Waals surface area (Å²) in [4.78, 5) is 16.0. The zero-order valence-corrected chi connectivity index (χ0v) is 13.7. The van der Waals surface area contributed by atoms with Crippen LogP contribution in [0.2, 0.25) is 0 Å². The van der Waals surface area contributed by atoms with Crippen molar-refractivity contribution in [3.05, 3.63) is 52.7 Å². The second kappa shape index (κ2) is 6.26. The molecule has 1 N–H and O–H groups in total. The highest BCUT2D eigenvalue weighted by Crippen LogP contribution is 2.34. The zero-order valence-electron chi connectivity index (χ0n) is 12.9. The summed E-state index contributed by atoms with van der Waals surface area (Å²) in [6.07, 6.45) is 3.21. The van der Waals surface area contributed by atoms with Crippen LogP contribution < -0.4 is 10.1 Å². The Morgan fingerprint density at radius 1 is 1.40 bits per heavy atom. The first-order chi connectivity index (χ1) is 12.2. The minimum absolute atomic E-state index is 0.0241. The molecule has 0 aliphatic carbocycles. The molecule has 0 spiro atoms. The number of furan rings is 1. The normalized spacial score (nSPS) is 13.6. The predicted molar refractivity (Wildman–Crippen MR) is 93.9 cm³/mol. The molecule has 0 bridgehead atoms. The number of rotatable bonds is 3. The number of thiazole rings is 1. The molecular weight excluding hydrogens is 338 g/mol. The maximum Gasteiger partial charge on any atom is 0.262 e. The van der Waals surface area contributed by atoms with Gasteiger partial charge in [-0.25, -0.2) is 4.98 Å². The van der Waals surface area contributed by atoms with Gasteiger partial charge in [0, 0.05) is 17.0 Å². The van der Waals surface area contributed by atoms with Crippen LogP contribution in [0, 0.1) is 11.3 Å². The van der Waals surface area contributed by atoms with Crippen LogP contribution in [-0.4, -0.2) is 17.5 Å². The molecule has 2 aromatic heterocycles. The molecule has 1 amide bonds. The van der Waals surface area contributed by atoms with Gasteiger partial charge >= 0.3 is 0 Å². The second-order valence-corrected chi connectivity index (χ2v) is 6.13. The fourth-order valence-electron chi connectivity index (χ4n) is 2.43. The number of carbonyl (C=O) groups excluding carboxylic acids is 1. The third-order valence-corrected chi connectivity index (χ3v) is 4.47. The molecule has 3 aromatic rings. The number of amides is 1. The van der Waals surface area contributed by atoms with E-state index in [1.165, 1.54) is 11.3 Å². The van der Waals surface area contributed by atoms with Crippen LogP contribution in [0.4, 0.5) is 5.69 Å². The molecule has 6 nitrogen and oxygen atoms in total. The average molecular weight is 349 g/mol. The topological polar surface area (TPSA) is 88.2 Å². The molecule has 1 aliphatic rings. The number of fused-ring (bicyclic) bond motifs is 1. The number of nitrogens with zero attached hydrogens (tertiary/aromatic N) is 2. The Morgan fingerprint density at radius 3 is 3.12 bits per heavy atom. The molecule has 122 valence electrons. The van der Waals surface area contributed by atoms with Gasteiger partial charge in [0.05, 0.1) is 23.2 Å². The summed E-state index contributed by atoms with van der Waals surface area (Å²) in [6, 6.07) is 11.2. The summed E-state index contributed by atoms with van der Waals surface area (Å²) < 4.78 is 10.6. The lowest BCUT2D eigenvalue weighted by Crippen LogP contribution is -2.25. The first kappa shape index (κ1) is 15.2. The molecule has 0 unspecified atom stereocenters. The molecule has 25 heavy (non-hydrogen) atoms. The molecule has 0 atom stereocenters. The number of hydrogen-bond donors (Lipinski definition) is 1. The van der Waals surface area contributed by atoms with E-state index in [0.717, 1.165) is 11.3 Å². The minimum atomic E-state index is -0.184. The molecule has 4 rings (SSSR count). The predicted octanol–water partition coefficient (Wildman–Crippen LogP) is 3.80. The van der Waals surface area contributed by atoms with Crippen molar-refractivity contribution in [3.63, 3.8) is 0 Å². The summed E-state index contributed by atoms with van der Waals surface area (Å²) in [6.45, 7) is 0.0241. The minimum Gasteiger partial charge on any atom is -0.482 e. The van der Waals surface area contributed by atoms with E-state index in [4.69, 9.17) is 9.15 Å². The Hall–Kier alpha value is -3.37. The maximum absolute atomic E-state index is 11.5. The first-order valence-corrected chi connectivity index (χ1v) is 8.29. The second-order valence-electron chi connectivity index (χ2n) is 5.27. The van der Waals surface area contributed by atoms with Crippen molar-refractivity contribution in [1.82, 2.24) is 4.98 Å². The third-order valence-electron chi connectivity index (χ3n) is 3.59. The number of nitriles is 1. The molecule has 7 heteroatoms. The SMILES string of the molecule is N#CC(=Cc1ccco1)c1nc(-c2ccc3c(c2)NC(=O)CO3)cs1. The lowest BCUT2D eigenvalue weighted by Gasteiger charge is -2.18. The average Bonchev–Trinajstić information content (AvgIpc) is 3.31. The number of anilines is 1. The van der Waals surface area contributed by atoms with Crippen LogP contribution in [0.15, 0.2) is 46.4 Å². The van der Waals surface area contributed by atoms with Gasteiger partial charge in [0.15, 0.2) is 6.61 Å². The Morgan fingerprint density at radius 2 is 2.32 bits per heavy atom. The van der Waals surface area contributed by atoms with E-state index in [1.54, 1.807) is 30.5 Å². The standard InChI is InChI=1S/C18H11N3O3S/c19-8-12(6-13-2-1-5-23-13)18-21-15(10-25-18)11-3-4-16-14(7-11)20-17(22)9-24-16/h1-7,10H,9H2,(H,20,22). The smallest absolute Gasteiger partial charge is 0.262 e. The van der Waals surface area contributed by atoms with Crippen molar-refractivity contribution in [2.75, 3.05) is 11.9 Å². The van der Waals surface area contributed by atoms with Gasteiger partial charge in [-0.3, -0.25) is 4.79 Å². The van der Waals surface area contributed by atoms with Gasteiger partial charge < -0.3 is 14.5 Å². The van der Waals surface area contributed by atoms with Gasteiger partial charge in [0.1, 0.15) is 22.6 Å². The van der Waals surface area contributed by atoms with Gasteiger partial charge in [-0.15, -0.1) is 11.3 Å². The summed E-state index contributed by atoms with van der Waals surface area (Å²) in [5, 5.41) is 14.6. The molecule has 0 saturated heterocycles. The number of ether oxygens (including phenoxy) is 1. The van der Waals surface area contributed by atoms with E-state index in [1.807, 2.05) is 17.5 Å². The third kappa shape index (κ3) is 3.03. The van der Waals surface area contributed by atoms with Crippen LogP contribution >= 0.6 is 11.3 Å². The zero-order chi connectivity index (χ0) is 17.2. The van der Waals surface area contributed by atoms with Crippen LogP contribution in [0.1, 0.15) is 10.8 Å². The summed E-state index contributed by atoms with van der Waals surface area (Å²) in [7, 11) is 0. The lowest BCUT2D eigenvalue weighted by molar-refractivity contribution is -0.118. The molecule has 0 fully saturated rings. The summed E-state index contributed by atoms with van der Waals surface area (Å²) in [5.74, 6) is 1.05. The molecule has 3 heterocycles. The fraction of sp³-hybridized carbons (Fsp3) is 0.0556. The van der Waals surface area contributed by atoms with Crippen molar-refractivity contribution >= 4 is 34.6 Å². The summed E-state index contributed by atoms with van der Waals surface area (Å²) >= 11 is 1.37. The van der Waals surface area contributed by atoms with E-state index in [2.05, 4.69) is 16.4 Å². The maximum atomic E-state index is 11.5. The van der Waals surface area contributed by atoms with Gasteiger partial charge in [-0.1, -0.05) is 0 Å². The van der Waals surface area contributed by atoms with Gasteiger partial charge in [-0.2, -0.15) is 5.26 Å². The van der Waals surface area contributed by atoms with Crippen LogP contribution in [0.5, 0.6) is 5.75 Å². The quantitative estimate of drug-likeness (QED) is 0.727. The number of allylic oxidation sites excluding steroid dienone is 1. The largest absolute Gasteiger partial charge is 0.482 e. The van der Waals surface area contributed by atoms with Crippen molar-refractivity contribution in [3.8, 4) is 23.1 Å². The molecule has 1 aromatic carbocycles. The van der Waals surface area contributed by atoms with Crippen molar-refractivity contribution in [1.29, 1.82) is 5.26 Å². The Balaban J connectivity index is 1.66. The lowest BCUT2D eigenvalue weighted by atomic mass is 10.1. The van der Waals surface area contributed by atoms with Crippen LogP contribution in [-0.2, 0) is 4.79 Å². The number of hydrogen-bond acceptors (Lipinski definition) is 6. The van der Waals surface area contributed by atoms with Gasteiger partial charge in [0.25, 0.3) is 5.91 Å². The highest BCUT2D eigenvalue weighted by molar-refractivity contribution is 7.11. The number of benzene rings is 1. The monoisotopic (exact) mass is 349 g/mol. The van der Waals surface area contributed by atoms with E-state index in [9.17, 15) is 10.1 Å². The number of aromatic nitrogens is 1. The molecular formula is C18H11N3O3S. The van der Waals surface area contributed by atoms with E-state index in [0.29, 0.717) is 27.8 Å². The Labute approximate surface area is 147 Å². The fourth-order valence-corrected chi connectivity index (χ4v) is 3.22. The first-order valence-electron chi connectivity index (χ1n) is 7.41. The highest BCUT2D eigenvalue weighted by Gasteiger charge is 2.17. The van der Waals surface area contributed by atoms with E-state index >= 15 is 0 Å². The molecule has 1 aliphatic heterocycles. The molecule has 0 radical (unpaired) electrons. The van der Waals surface area contributed by atoms with Crippen molar-refractivity contribution < 1.29 is 13.9 Å². The van der Waals surface area contributed by atoms with Crippen molar-refractivity contribution in [2.24, 2.45) is 0 Å². The van der Waals surface area contributed by atoms with Crippen LogP contribution in [0.25, 0.3) is 22.9 Å². The number of carbonyl (C=O) groups is 1. The van der Waals surface area contributed by atoms with E-state index < -0.39 is 0 Å². The van der Waals surface area contributed by atoms with Gasteiger partial charge in [-0.05, 0) is 30.3 Å². The van der Waals surface area contributed by atoms with E-state index in [-0.39, 0.29) is 12.5 Å². The van der Waals surface area contributed by atoms with Crippen molar-refractivity contribution in [2.45, 2.75) is 0 Å². The Kier molecular flexibility index (Phi) is 3.80. The van der Waals surface area contributed by atoms with Crippen LogP contribution in [0.3, 0.4) is 0 Å². The Bertz CT molecular complexity index is 1010.